The SMILES string of the molecule is CNC(=O)c1ccc(N2CCCC(c3[nH]ncc3NC(C)=O)C2)nn1. The van der Waals surface area contributed by atoms with E-state index < -0.39 is 0 Å². The van der Waals surface area contributed by atoms with Gasteiger partial charge in [-0.05, 0) is 25.0 Å². The van der Waals surface area contributed by atoms with E-state index in [2.05, 4.69) is 35.9 Å². The summed E-state index contributed by atoms with van der Waals surface area (Å²) in [6, 6.07) is 3.48. The molecular formula is C16H21N7O2. The van der Waals surface area contributed by atoms with Gasteiger partial charge in [0.1, 0.15) is 0 Å². The first-order valence-corrected chi connectivity index (χ1v) is 8.20. The van der Waals surface area contributed by atoms with Crippen molar-refractivity contribution in [3.05, 3.63) is 29.7 Å². The molecule has 0 aromatic carbocycles. The predicted octanol–water partition coefficient (Wildman–Crippen LogP) is 0.902. The van der Waals surface area contributed by atoms with Crippen molar-refractivity contribution < 1.29 is 9.59 Å². The Bertz CT molecular complexity index is 756. The van der Waals surface area contributed by atoms with Crippen molar-refractivity contribution in [2.24, 2.45) is 0 Å². The Morgan fingerprint density at radius 2 is 2.16 bits per heavy atom. The minimum Gasteiger partial charge on any atom is -0.354 e. The molecular weight excluding hydrogens is 322 g/mol. The molecule has 0 bridgehead atoms. The van der Waals surface area contributed by atoms with Crippen LogP contribution in [0.5, 0.6) is 0 Å². The third-order valence-corrected chi connectivity index (χ3v) is 4.24. The molecule has 0 radical (unpaired) electrons. The fraction of sp³-hybridized carbons (Fsp3) is 0.438. The topological polar surface area (TPSA) is 116 Å². The second kappa shape index (κ2) is 7.29. The highest BCUT2D eigenvalue weighted by atomic mass is 16.2. The lowest BCUT2D eigenvalue weighted by Crippen LogP contribution is -2.35. The van der Waals surface area contributed by atoms with Gasteiger partial charge in [0, 0.05) is 33.0 Å². The molecule has 25 heavy (non-hydrogen) atoms. The number of anilines is 2. The van der Waals surface area contributed by atoms with Crippen LogP contribution in [0.15, 0.2) is 18.3 Å². The van der Waals surface area contributed by atoms with Gasteiger partial charge in [0.2, 0.25) is 5.91 Å². The van der Waals surface area contributed by atoms with E-state index >= 15 is 0 Å². The van der Waals surface area contributed by atoms with E-state index in [0.29, 0.717) is 5.69 Å². The molecule has 0 saturated carbocycles. The summed E-state index contributed by atoms with van der Waals surface area (Å²) < 4.78 is 0. The van der Waals surface area contributed by atoms with Crippen molar-refractivity contribution >= 4 is 23.3 Å². The van der Waals surface area contributed by atoms with Crippen molar-refractivity contribution in [2.45, 2.75) is 25.7 Å². The number of hydrogen-bond acceptors (Lipinski definition) is 6. The summed E-state index contributed by atoms with van der Waals surface area (Å²) in [6.45, 7) is 3.09. The van der Waals surface area contributed by atoms with Crippen molar-refractivity contribution in [1.29, 1.82) is 0 Å². The van der Waals surface area contributed by atoms with Gasteiger partial charge in [0.15, 0.2) is 11.5 Å². The van der Waals surface area contributed by atoms with Gasteiger partial charge in [-0.25, -0.2) is 0 Å². The number of rotatable bonds is 4. The van der Waals surface area contributed by atoms with Crippen LogP contribution in [-0.4, -0.2) is 52.3 Å². The number of nitrogens with one attached hydrogen (secondary N) is 3. The van der Waals surface area contributed by atoms with Crippen LogP contribution in [-0.2, 0) is 4.79 Å². The maximum atomic E-state index is 11.6. The first-order chi connectivity index (χ1) is 12.1. The Labute approximate surface area is 145 Å². The fourth-order valence-electron chi connectivity index (χ4n) is 3.06. The number of carbonyl (C=O) groups is 2. The van der Waals surface area contributed by atoms with Gasteiger partial charge in [0.25, 0.3) is 5.91 Å². The maximum absolute atomic E-state index is 11.6. The first kappa shape index (κ1) is 16.9. The molecule has 2 amide bonds. The van der Waals surface area contributed by atoms with Crippen LogP contribution < -0.4 is 15.5 Å². The molecule has 3 N–H and O–H groups in total. The van der Waals surface area contributed by atoms with Crippen LogP contribution in [0.4, 0.5) is 11.5 Å². The highest BCUT2D eigenvalue weighted by Crippen LogP contribution is 2.31. The van der Waals surface area contributed by atoms with E-state index in [-0.39, 0.29) is 17.7 Å². The Morgan fingerprint density at radius 1 is 1.32 bits per heavy atom. The lowest BCUT2D eigenvalue weighted by Gasteiger charge is -2.33. The Morgan fingerprint density at radius 3 is 2.84 bits per heavy atom. The molecule has 1 aliphatic rings. The number of aromatic amines is 1. The minimum atomic E-state index is -0.257. The summed E-state index contributed by atoms with van der Waals surface area (Å²) in [4.78, 5) is 25.0. The molecule has 0 aliphatic carbocycles. The van der Waals surface area contributed by atoms with E-state index in [1.807, 2.05) is 6.07 Å². The summed E-state index contributed by atoms with van der Waals surface area (Å²) in [5.41, 5.74) is 1.94. The zero-order valence-corrected chi connectivity index (χ0v) is 14.2. The molecule has 3 rings (SSSR count). The van der Waals surface area contributed by atoms with Crippen LogP contribution in [0.1, 0.15) is 41.9 Å². The highest BCUT2D eigenvalue weighted by molar-refractivity contribution is 5.92. The Balaban J connectivity index is 1.74. The molecule has 9 nitrogen and oxygen atoms in total. The number of amides is 2. The standard InChI is InChI=1S/C16H21N7O2/c1-10(24)19-13-8-18-22-15(13)11-4-3-7-23(9-11)14-6-5-12(20-21-14)16(25)17-2/h5-6,8,11H,3-4,7,9H2,1-2H3,(H,17,25)(H,18,22)(H,19,24). The van der Waals surface area contributed by atoms with Gasteiger partial charge in [0.05, 0.1) is 17.6 Å². The summed E-state index contributed by atoms with van der Waals surface area (Å²) >= 11 is 0. The molecule has 1 aliphatic heterocycles. The number of H-pyrrole nitrogens is 1. The fourth-order valence-corrected chi connectivity index (χ4v) is 3.06. The van der Waals surface area contributed by atoms with E-state index in [0.717, 1.165) is 43.1 Å². The van der Waals surface area contributed by atoms with Crippen LogP contribution in [0.3, 0.4) is 0 Å². The van der Waals surface area contributed by atoms with Crippen LogP contribution >= 0.6 is 0 Å². The normalized spacial score (nSPS) is 17.2. The predicted molar refractivity (Wildman–Crippen MR) is 92.5 cm³/mol. The highest BCUT2D eigenvalue weighted by Gasteiger charge is 2.26. The molecule has 132 valence electrons. The van der Waals surface area contributed by atoms with Gasteiger partial charge in [-0.1, -0.05) is 0 Å². The third-order valence-electron chi connectivity index (χ3n) is 4.24. The molecule has 3 heterocycles. The third kappa shape index (κ3) is 3.76. The molecule has 1 unspecified atom stereocenters. The van der Waals surface area contributed by atoms with Crippen molar-refractivity contribution in [3.63, 3.8) is 0 Å². The average Bonchev–Trinajstić information content (AvgIpc) is 3.08. The number of nitrogens with zero attached hydrogens (tertiary/aromatic N) is 4. The van der Waals surface area contributed by atoms with Gasteiger partial charge >= 0.3 is 0 Å². The van der Waals surface area contributed by atoms with E-state index in [1.165, 1.54) is 6.92 Å². The maximum Gasteiger partial charge on any atom is 0.271 e. The van der Waals surface area contributed by atoms with E-state index in [4.69, 9.17) is 0 Å². The van der Waals surface area contributed by atoms with Crippen LogP contribution in [0.2, 0.25) is 0 Å². The molecule has 2 aromatic rings. The molecule has 2 aromatic heterocycles. The van der Waals surface area contributed by atoms with Crippen LogP contribution in [0.25, 0.3) is 0 Å². The number of aromatic nitrogens is 4. The number of hydrogen-bond donors (Lipinski definition) is 3. The summed E-state index contributed by atoms with van der Waals surface area (Å²) in [5.74, 6) is 0.565. The minimum absolute atomic E-state index is 0.119. The van der Waals surface area contributed by atoms with Gasteiger partial charge in [-0.15, -0.1) is 10.2 Å². The van der Waals surface area contributed by atoms with Gasteiger partial charge < -0.3 is 15.5 Å². The van der Waals surface area contributed by atoms with Crippen LogP contribution in [0, 0.1) is 0 Å². The van der Waals surface area contributed by atoms with Crippen molar-refractivity contribution in [1.82, 2.24) is 25.7 Å². The van der Waals surface area contributed by atoms with Crippen molar-refractivity contribution in [3.8, 4) is 0 Å². The molecule has 1 fully saturated rings. The van der Waals surface area contributed by atoms with Gasteiger partial charge in [-0.3, -0.25) is 14.7 Å². The Kier molecular flexibility index (Phi) is 4.92. The van der Waals surface area contributed by atoms with E-state index in [9.17, 15) is 9.59 Å². The monoisotopic (exact) mass is 343 g/mol. The summed E-state index contributed by atoms with van der Waals surface area (Å²) in [6.07, 6.45) is 3.62. The smallest absolute Gasteiger partial charge is 0.271 e. The first-order valence-electron chi connectivity index (χ1n) is 8.20. The number of carbonyl (C=O) groups excluding carboxylic acids is 2. The average molecular weight is 343 g/mol. The molecule has 0 spiro atoms. The Hall–Kier alpha value is -2.97. The largest absolute Gasteiger partial charge is 0.354 e. The van der Waals surface area contributed by atoms with Crippen molar-refractivity contribution in [2.75, 3.05) is 30.4 Å². The van der Waals surface area contributed by atoms with E-state index in [1.54, 1.807) is 19.3 Å². The number of piperidine rings is 1. The quantitative estimate of drug-likeness (QED) is 0.760. The molecule has 1 saturated heterocycles. The lowest BCUT2D eigenvalue weighted by atomic mass is 9.94. The second-order valence-electron chi connectivity index (χ2n) is 6.02. The zero-order valence-electron chi connectivity index (χ0n) is 14.2. The molecule has 9 heteroatoms. The summed E-state index contributed by atoms with van der Waals surface area (Å²) in [5, 5.41) is 20.6. The summed E-state index contributed by atoms with van der Waals surface area (Å²) in [7, 11) is 1.56. The molecule has 1 atom stereocenters. The lowest BCUT2D eigenvalue weighted by molar-refractivity contribution is -0.114. The second-order valence-corrected chi connectivity index (χ2v) is 6.02. The van der Waals surface area contributed by atoms with Gasteiger partial charge in [-0.2, -0.15) is 5.10 Å². The zero-order chi connectivity index (χ0) is 17.8.